The Kier molecular flexibility index (Phi) is 3.89. The lowest BCUT2D eigenvalue weighted by molar-refractivity contribution is 0.485. The van der Waals surface area contributed by atoms with Crippen LogP contribution in [-0.2, 0) is 10.1 Å². The molecule has 0 amide bonds. The van der Waals surface area contributed by atoms with Crippen LogP contribution in [0.2, 0.25) is 0 Å². The van der Waals surface area contributed by atoms with Crippen LogP contribution < -0.4 is 4.18 Å². The minimum atomic E-state index is -3.93. The van der Waals surface area contributed by atoms with E-state index in [1.54, 1.807) is 36.5 Å². The summed E-state index contributed by atoms with van der Waals surface area (Å²) in [5, 5.41) is 0. The molecule has 3 aromatic rings. The van der Waals surface area contributed by atoms with Crippen molar-refractivity contribution in [2.75, 3.05) is 0 Å². The quantitative estimate of drug-likeness (QED) is 0.692. The third kappa shape index (κ3) is 2.99. The van der Waals surface area contributed by atoms with Crippen LogP contribution in [-0.4, -0.2) is 13.4 Å². The van der Waals surface area contributed by atoms with Gasteiger partial charge < -0.3 is 4.18 Å². The van der Waals surface area contributed by atoms with E-state index in [4.69, 9.17) is 4.18 Å². The SMILES string of the molecule is O=S(=O)(Oc1cccnc1)c1ccccc1-c1ccccc1. The summed E-state index contributed by atoms with van der Waals surface area (Å²) < 4.78 is 30.3. The van der Waals surface area contributed by atoms with Gasteiger partial charge in [-0.05, 0) is 23.8 Å². The largest absolute Gasteiger partial charge is 0.377 e. The van der Waals surface area contributed by atoms with E-state index < -0.39 is 10.1 Å². The van der Waals surface area contributed by atoms with E-state index in [1.807, 2.05) is 30.3 Å². The summed E-state index contributed by atoms with van der Waals surface area (Å²) in [4.78, 5) is 3.98. The number of hydrogen-bond donors (Lipinski definition) is 0. The number of benzene rings is 2. The second-order valence-corrected chi connectivity index (χ2v) is 6.10. The van der Waals surface area contributed by atoms with E-state index in [2.05, 4.69) is 4.98 Å². The van der Waals surface area contributed by atoms with Crippen LogP contribution in [0.3, 0.4) is 0 Å². The van der Waals surface area contributed by atoms with Gasteiger partial charge in [0, 0.05) is 11.8 Å². The maximum Gasteiger partial charge on any atom is 0.339 e. The predicted octanol–water partition coefficient (Wildman–Crippen LogP) is 3.52. The summed E-state index contributed by atoms with van der Waals surface area (Å²) in [5.41, 5.74) is 1.42. The van der Waals surface area contributed by atoms with Gasteiger partial charge >= 0.3 is 10.1 Å². The highest BCUT2D eigenvalue weighted by atomic mass is 32.2. The molecule has 1 aromatic heterocycles. The molecule has 0 saturated carbocycles. The molecule has 0 N–H and O–H groups in total. The van der Waals surface area contributed by atoms with Crippen molar-refractivity contribution in [1.82, 2.24) is 4.98 Å². The monoisotopic (exact) mass is 311 g/mol. The van der Waals surface area contributed by atoms with E-state index >= 15 is 0 Å². The first-order chi connectivity index (χ1) is 10.7. The molecule has 3 rings (SSSR count). The highest BCUT2D eigenvalue weighted by Gasteiger charge is 2.21. The van der Waals surface area contributed by atoms with Gasteiger partial charge in [0.25, 0.3) is 0 Å². The molecule has 110 valence electrons. The van der Waals surface area contributed by atoms with E-state index in [9.17, 15) is 8.42 Å². The van der Waals surface area contributed by atoms with Gasteiger partial charge in [-0.1, -0.05) is 48.5 Å². The molecule has 4 nitrogen and oxygen atoms in total. The van der Waals surface area contributed by atoms with Crippen LogP contribution in [0.25, 0.3) is 11.1 Å². The zero-order valence-corrected chi connectivity index (χ0v) is 12.4. The van der Waals surface area contributed by atoms with Crippen LogP contribution in [0.15, 0.2) is 84.0 Å². The van der Waals surface area contributed by atoms with Gasteiger partial charge in [0.05, 0.1) is 6.20 Å². The Morgan fingerprint density at radius 3 is 2.27 bits per heavy atom. The van der Waals surface area contributed by atoms with Crippen LogP contribution in [0, 0.1) is 0 Å². The summed E-state index contributed by atoms with van der Waals surface area (Å²) in [5.74, 6) is 0.186. The van der Waals surface area contributed by atoms with E-state index in [0.29, 0.717) is 5.56 Å². The number of nitrogens with zero attached hydrogens (tertiary/aromatic N) is 1. The lowest BCUT2D eigenvalue weighted by Crippen LogP contribution is -2.11. The fraction of sp³-hybridized carbons (Fsp3) is 0. The molecule has 0 bridgehead atoms. The van der Waals surface area contributed by atoms with Gasteiger partial charge in [-0.15, -0.1) is 0 Å². The van der Waals surface area contributed by atoms with Crippen LogP contribution in [0.4, 0.5) is 0 Å². The van der Waals surface area contributed by atoms with Gasteiger partial charge in [-0.25, -0.2) is 0 Å². The minimum Gasteiger partial charge on any atom is -0.377 e. The Morgan fingerprint density at radius 2 is 1.55 bits per heavy atom. The molecular formula is C17H13NO3S. The molecular weight excluding hydrogens is 298 g/mol. The summed E-state index contributed by atoms with van der Waals surface area (Å²) in [6, 6.07) is 19.3. The second-order valence-electron chi connectivity index (χ2n) is 4.59. The molecule has 0 unspecified atom stereocenters. The summed E-state index contributed by atoms with van der Waals surface area (Å²) in [6.07, 6.45) is 2.92. The first-order valence-corrected chi connectivity index (χ1v) is 8.06. The highest BCUT2D eigenvalue weighted by molar-refractivity contribution is 7.87. The summed E-state index contributed by atoms with van der Waals surface area (Å²) in [7, 11) is -3.93. The molecule has 0 spiro atoms. The van der Waals surface area contributed by atoms with Crippen molar-refractivity contribution in [3.8, 4) is 16.9 Å². The van der Waals surface area contributed by atoms with E-state index in [-0.39, 0.29) is 10.6 Å². The van der Waals surface area contributed by atoms with Crippen LogP contribution >= 0.6 is 0 Å². The van der Waals surface area contributed by atoms with Gasteiger partial charge in [-0.3, -0.25) is 4.98 Å². The lowest BCUT2D eigenvalue weighted by Gasteiger charge is -2.11. The molecule has 0 fully saturated rings. The maximum atomic E-state index is 12.5. The average molecular weight is 311 g/mol. The number of rotatable bonds is 4. The average Bonchev–Trinajstić information content (AvgIpc) is 2.56. The van der Waals surface area contributed by atoms with E-state index in [1.165, 1.54) is 12.3 Å². The zero-order valence-electron chi connectivity index (χ0n) is 11.6. The van der Waals surface area contributed by atoms with Crippen molar-refractivity contribution < 1.29 is 12.6 Å². The van der Waals surface area contributed by atoms with Crippen molar-refractivity contribution in [3.63, 3.8) is 0 Å². The number of hydrogen-bond acceptors (Lipinski definition) is 4. The molecule has 22 heavy (non-hydrogen) atoms. The molecule has 0 radical (unpaired) electrons. The molecule has 0 atom stereocenters. The standard InChI is InChI=1S/C17H13NO3S/c19-22(20,21-15-9-6-12-18-13-15)17-11-5-4-10-16(17)14-7-2-1-3-8-14/h1-13H. The van der Waals surface area contributed by atoms with Crippen LogP contribution in [0.5, 0.6) is 5.75 Å². The van der Waals surface area contributed by atoms with Gasteiger partial charge in [-0.2, -0.15) is 8.42 Å². The Balaban J connectivity index is 2.05. The van der Waals surface area contributed by atoms with Crippen molar-refractivity contribution in [3.05, 3.63) is 79.1 Å². The highest BCUT2D eigenvalue weighted by Crippen LogP contribution is 2.28. The van der Waals surface area contributed by atoms with Crippen molar-refractivity contribution in [2.24, 2.45) is 0 Å². The molecule has 0 aliphatic carbocycles. The molecule has 1 heterocycles. The normalized spacial score (nSPS) is 11.1. The molecule has 0 saturated heterocycles. The van der Waals surface area contributed by atoms with Crippen molar-refractivity contribution in [1.29, 1.82) is 0 Å². The van der Waals surface area contributed by atoms with Crippen molar-refractivity contribution >= 4 is 10.1 Å². The minimum absolute atomic E-state index is 0.130. The second kappa shape index (κ2) is 5.99. The molecule has 2 aromatic carbocycles. The van der Waals surface area contributed by atoms with Gasteiger partial charge in [0.2, 0.25) is 0 Å². The Morgan fingerprint density at radius 1 is 0.818 bits per heavy atom. The Labute approximate surface area is 129 Å². The molecule has 0 aliphatic heterocycles. The van der Waals surface area contributed by atoms with Gasteiger partial charge in [0.15, 0.2) is 5.75 Å². The fourth-order valence-corrected chi connectivity index (χ4v) is 3.25. The Hall–Kier alpha value is -2.66. The number of aromatic nitrogens is 1. The fourth-order valence-electron chi connectivity index (χ4n) is 2.11. The van der Waals surface area contributed by atoms with Crippen LogP contribution in [0.1, 0.15) is 0 Å². The third-order valence-corrected chi connectivity index (χ3v) is 4.39. The van der Waals surface area contributed by atoms with Gasteiger partial charge in [0.1, 0.15) is 4.90 Å². The maximum absolute atomic E-state index is 12.5. The smallest absolute Gasteiger partial charge is 0.339 e. The molecule has 5 heteroatoms. The Bertz CT molecular complexity index is 863. The summed E-state index contributed by atoms with van der Waals surface area (Å²) >= 11 is 0. The molecule has 0 aliphatic rings. The summed E-state index contributed by atoms with van der Waals surface area (Å²) in [6.45, 7) is 0. The third-order valence-electron chi connectivity index (χ3n) is 3.08. The van der Waals surface area contributed by atoms with E-state index in [0.717, 1.165) is 5.56 Å². The van der Waals surface area contributed by atoms with Crippen molar-refractivity contribution in [2.45, 2.75) is 4.90 Å². The lowest BCUT2D eigenvalue weighted by atomic mass is 10.1. The number of pyridine rings is 1. The first-order valence-electron chi connectivity index (χ1n) is 6.66. The first kappa shape index (κ1) is 14.3. The predicted molar refractivity (Wildman–Crippen MR) is 83.9 cm³/mol. The topological polar surface area (TPSA) is 56.3 Å². The zero-order chi connectivity index (χ0) is 15.4.